The number of primary amides is 1. The van der Waals surface area contributed by atoms with Crippen molar-refractivity contribution in [3.05, 3.63) is 53.6 Å². The number of carbonyl (C=O) groups is 4. The van der Waals surface area contributed by atoms with Crippen LogP contribution in [-0.2, 0) is 16.1 Å². The fraction of sp³-hybridized carbons (Fsp3) is 0.370. The number of benzene rings is 2. The molecule has 0 bridgehead atoms. The Hall–Kier alpha value is -4.01. The summed E-state index contributed by atoms with van der Waals surface area (Å²) < 4.78 is 1.72. The predicted molar refractivity (Wildman–Crippen MR) is 138 cm³/mol. The van der Waals surface area contributed by atoms with Gasteiger partial charge in [-0.1, -0.05) is 25.0 Å². The summed E-state index contributed by atoms with van der Waals surface area (Å²) in [7, 11) is 1.76. The van der Waals surface area contributed by atoms with Crippen LogP contribution < -0.4 is 16.0 Å². The summed E-state index contributed by atoms with van der Waals surface area (Å²) >= 11 is 0. The second kappa shape index (κ2) is 10.7. The van der Waals surface area contributed by atoms with Crippen molar-refractivity contribution in [2.75, 3.05) is 17.3 Å². The largest absolute Gasteiger partial charge is 0.370 e. The van der Waals surface area contributed by atoms with Crippen molar-refractivity contribution in [2.24, 2.45) is 11.7 Å². The second-order valence-corrected chi connectivity index (χ2v) is 9.37. The summed E-state index contributed by atoms with van der Waals surface area (Å²) in [6, 6.07) is 11.9. The summed E-state index contributed by atoms with van der Waals surface area (Å²) in [6.07, 6.45) is 5.16. The number of nitrogens with zero attached hydrogens (tertiary/aromatic N) is 3. The molecule has 2 aromatic carbocycles. The monoisotopic (exact) mass is 489 g/mol. The Labute approximate surface area is 209 Å². The molecule has 9 heteroatoms. The van der Waals surface area contributed by atoms with E-state index in [-0.39, 0.29) is 30.6 Å². The zero-order chi connectivity index (χ0) is 25.8. The average molecular weight is 490 g/mol. The lowest BCUT2D eigenvalue weighted by atomic mass is 10.0. The minimum Gasteiger partial charge on any atom is -0.370 e. The molecule has 1 aliphatic carbocycles. The minimum atomic E-state index is -0.475. The minimum absolute atomic E-state index is 0.0632. The number of Topliss-reactive ketones (excluding diaryl/α,β-unsaturated/α-hetero) is 1. The van der Waals surface area contributed by atoms with E-state index in [2.05, 4.69) is 10.3 Å². The van der Waals surface area contributed by atoms with Gasteiger partial charge in [0.2, 0.25) is 17.8 Å². The number of imidazole rings is 1. The number of aryl methyl sites for hydroxylation is 1. The normalized spacial score (nSPS) is 13.6. The van der Waals surface area contributed by atoms with E-state index in [9.17, 15) is 19.2 Å². The lowest BCUT2D eigenvalue weighted by Crippen LogP contribution is -2.27. The number of nitrogens with one attached hydrogen (secondary N) is 1. The molecule has 1 saturated carbocycles. The van der Waals surface area contributed by atoms with Gasteiger partial charge in [-0.3, -0.25) is 24.5 Å². The summed E-state index contributed by atoms with van der Waals surface area (Å²) in [5, 5.41) is 2.79. The molecular formula is C27H31N5O4. The van der Waals surface area contributed by atoms with Crippen LogP contribution in [-0.4, -0.2) is 40.1 Å². The zero-order valence-corrected chi connectivity index (χ0v) is 20.6. The summed E-state index contributed by atoms with van der Waals surface area (Å²) in [5.41, 5.74) is 8.09. The van der Waals surface area contributed by atoms with E-state index in [1.807, 2.05) is 12.1 Å². The van der Waals surface area contributed by atoms with Crippen LogP contribution in [0.5, 0.6) is 0 Å². The number of nitrogens with two attached hydrogens (primary N) is 1. The molecular weight excluding hydrogens is 458 g/mol. The molecule has 1 fully saturated rings. The Morgan fingerprint density at radius 2 is 1.81 bits per heavy atom. The fourth-order valence-corrected chi connectivity index (χ4v) is 4.67. The third kappa shape index (κ3) is 5.62. The van der Waals surface area contributed by atoms with Crippen molar-refractivity contribution >= 4 is 46.2 Å². The van der Waals surface area contributed by atoms with E-state index in [0.29, 0.717) is 40.2 Å². The molecule has 0 aliphatic heterocycles. The first-order chi connectivity index (χ1) is 17.2. The number of ketones is 1. The zero-order valence-electron chi connectivity index (χ0n) is 20.6. The average Bonchev–Trinajstić information content (AvgIpc) is 3.49. The molecule has 3 aromatic rings. The second-order valence-electron chi connectivity index (χ2n) is 9.37. The molecule has 0 radical (unpaired) electrons. The van der Waals surface area contributed by atoms with Gasteiger partial charge in [-0.05, 0) is 56.0 Å². The van der Waals surface area contributed by atoms with Gasteiger partial charge in [-0.2, -0.15) is 0 Å². The summed E-state index contributed by atoms with van der Waals surface area (Å²) in [6.45, 7) is 1.66. The number of aromatic nitrogens is 2. The molecule has 1 aliphatic rings. The predicted octanol–water partition coefficient (Wildman–Crippen LogP) is 3.91. The first-order valence-corrected chi connectivity index (χ1v) is 12.2. The van der Waals surface area contributed by atoms with Gasteiger partial charge in [-0.15, -0.1) is 0 Å². The fourth-order valence-electron chi connectivity index (χ4n) is 4.67. The molecule has 0 atom stereocenters. The number of hydrogen-bond donors (Lipinski definition) is 2. The van der Waals surface area contributed by atoms with Crippen LogP contribution in [0.4, 0.5) is 11.6 Å². The number of carbonyl (C=O) groups excluding carboxylic acids is 4. The van der Waals surface area contributed by atoms with Gasteiger partial charge in [0.05, 0.1) is 11.0 Å². The Bertz CT molecular complexity index is 1320. The van der Waals surface area contributed by atoms with Crippen LogP contribution in [0.25, 0.3) is 11.0 Å². The number of anilines is 2. The lowest BCUT2D eigenvalue weighted by Gasteiger charge is -2.19. The first kappa shape index (κ1) is 25.1. The Kier molecular flexibility index (Phi) is 7.47. The molecule has 0 saturated heterocycles. The smallest absolute Gasteiger partial charge is 0.257 e. The molecule has 188 valence electrons. The SMILES string of the molecule is CC(=O)c1cccc(C(=O)Nc2nc3cc(N(C)C(=O)CC4CCCC4)ccc3n2CCC(N)=O)c1. The molecule has 3 amide bonds. The highest BCUT2D eigenvalue weighted by Gasteiger charge is 2.22. The molecule has 9 nitrogen and oxygen atoms in total. The van der Waals surface area contributed by atoms with Gasteiger partial charge in [0.25, 0.3) is 5.91 Å². The van der Waals surface area contributed by atoms with E-state index in [0.717, 1.165) is 12.8 Å². The molecule has 0 unspecified atom stereocenters. The maximum atomic E-state index is 13.0. The number of fused-ring (bicyclic) bond motifs is 1. The van der Waals surface area contributed by atoms with Crippen molar-refractivity contribution in [1.82, 2.24) is 9.55 Å². The van der Waals surface area contributed by atoms with Crippen molar-refractivity contribution in [2.45, 2.75) is 52.0 Å². The standard InChI is InChI=1S/C27H31N5O4/c1-17(33)19-8-5-9-20(15-19)26(36)30-27-29-22-16-21(10-11-23(22)32(27)13-12-24(28)34)31(2)25(35)14-18-6-3-4-7-18/h5,8-11,15-16,18H,3-4,6-7,12-14H2,1-2H3,(H2,28,34)(H,29,30,36). The molecule has 4 rings (SSSR count). The van der Waals surface area contributed by atoms with E-state index in [4.69, 9.17) is 5.73 Å². The number of rotatable bonds is 9. The number of hydrogen-bond acceptors (Lipinski definition) is 5. The van der Waals surface area contributed by atoms with Gasteiger partial charge >= 0.3 is 0 Å². The maximum Gasteiger partial charge on any atom is 0.257 e. The molecule has 1 aromatic heterocycles. The first-order valence-electron chi connectivity index (χ1n) is 12.2. The highest BCUT2D eigenvalue weighted by atomic mass is 16.2. The van der Waals surface area contributed by atoms with Crippen molar-refractivity contribution in [3.8, 4) is 0 Å². The molecule has 1 heterocycles. The van der Waals surface area contributed by atoms with Crippen LogP contribution in [0.2, 0.25) is 0 Å². The van der Waals surface area contributed by atoms with Gasteiger partial charge in [0.15, 0.2) is 5.78 Å². The van der Waals surface area contributed by atoms with Crippen LogP contribution in [0, 0.1) is 5.92 Å². The van der Waals surface area contributed by atoms with Crippen LogP contribution in [0.1, 0.15) is 66.2 Å². The topological polar surface area (TPSA) is 127 Å². The molecule has 0 spiro atoms. The van der Waals surface area contributed by atoms with E-state index in [1.165, 1.54) is 25.8 Å². The van der Waals surface area contributed by atoms with Gasteiger partial charge < -0.3 is 15.2 Å². The lowest BCUT2D eigenvalue weighted by molar-refractivity contribution is -0.119. The molecule has 3 N–H and O–H groups in total. The Morgan fingerprint density at radius 1 is 1.08 bits per heavy atom. The van der Waals surface area contributed by atoms with Crippen LogP contribution in [0.3, 0.4) is 0 Å². The highest BCUT2D eigenvalue weighted by Crippen LogP contribution is 2.30. The van der Waals surface area contributed by atoms with E-state index < -0.39 is 11.8 Å². The molecule has 36 heavy (non-hydrogen) atoms. The van der Waals surface area contributed by atoms with Gasteiger partial charge in [0.1, 0.15) is 0 Å². The third-order valence-corrected chi connectivity index (χ3v) is 6.77. The highest BCUT2D eigenvalue weighted by molar-refractivity contribution is 6.06. The van der Waals surface area contributed by atoms with Gasteiger partial charge in [0, 0.05) is 43.2 Å². The summed E-state index contributed by atoms with van der Waals surface area (Å²) in [5.74, 6) is -0.290. The van der Waals surface area contributed by atoms with Crippen molar-refractivity contribution in [3.63, 3.8) is 0 Å². The van der Waals surface area contributed by atoms with E-state index in [1.54, 1.807) is 40.8 Å². The van der Waals surface area contributed by atoms with Crippen LogP contribution in [0.15, 0.2) is 42.5 Å². The Morgan fingerprint density at radius 3 is 2.50 bits per heavy atom. The Balaban J connectivity index is 1.62. The van der Waals surface area contributed by atoms with Gasteiger partial charge in [-0.25, -0.2) is 4.98 Å². The van der Waals surface area contributed by atoms with Crippen molar-refractivity contribution in [1.29, 1.82) is 0 Å². The van der Waals surface area contributed by atoms with E-state index >= 15 is 0 Å². The van der Waals surface area contributed by atoms with Crippen molar-refractivity contribution < 1.29 is 19.2 Å². The quantitative estimate of drug-likeness (QED) is 0.441. The number of amides is 3. The van der Waals surface area contributed by atoms with Crippen LogP contribution >= 0.6 is 0 Å². The third-order valence-electron chi connectivity index (χ3n) is 6.77. The summed E-state index contributed by atoms with van der Waals surface area (Å²) in [4.78, 5) is 55.2. The maximum absolute atomic E-state index is 13.0.